The average molecular weight is 231 g/mol. The van der Waals surface area contributed by atoms with Crippen molar-refractivity contribution in [1.29, 1.82) is 0 Å². The van der Waals surface area contributed by atoms with Crippen LogP contribution >= 0.6 is 0 Å². The zero-order valence-corrected chi connectivity index (χ0v) is 9.93. The molecule has 3 rings (SSSR count). The number of aromatic nitrogens is 2. The molecule has 90 valence electrons. The summed E-state index contributed by atoms with van der Waals surface area (Å²) in [5.41, 5.74) is 7.17. The number of para-hydroxylation sites is 1. The van der Waals surface area contributed by atoms with Crippen LogP contribution in [0.1, 0.15) is 18.5 Å². The summed E-state index contributed by atoms with van der Waals surface area (Å²) in [6.07, 6.45) is 1.96. The smallest absolute Gasteiger partial charge is 0.0733 e. The van der Waals surface area contributed by atoms with Gasteiger partial charge in [0.05, 0.1) is 16.8 Å². The zero-order chi connectivity index (χ0) is 12.0. The molecule has 4 nitrogen and oxygen atoms in total. The van der Waals surface area contributed by atoms with E-state index in [-0.39, 0.29) is 6.04 Å². The molecule has 1 fully saturated rings. The molecule has 4 heteroatoms. The Hall–Kier alpha value is -1.39. The number of rotatable bonds is 2. The predicted molar refractivity (Wildman–Crippen MR) is 66.6 cm³/mol. The second-order valence-corrected chi connectivity index (χ2v) is 5.16. The van der Waals surface area contributed by atoms with Crippen molar-refractivity contribution in [3.05, 3.63) is 30.0 Å². The molecule has 1 heterocycles. The van der Waals surface area contributed by atoms with Gasteiger partial charge in [0, 0.05) is 24.9 Å². The van der Waals surface area contributed by atoms with Crippen LogP contribution in [0.4, 0.5) is 0 Å². The molecule has 0 spiro atoms. The molecule has 0 radical (unpaired) electrons. The number of benzene rings is 1. The summed E-state index contributed by atoms with van der Waals surface area (Å²) >= 11 is 0. The molecule has 1 aromatic carbocycles. The Morgan fingerprint density at radius 3 is 2.88 bits per heavy atom. The highest BCUT2D eigenvalue weighted by atomic mass is 16.3. The lowest BCUT2D eigenvalue weighted by atomic mass is 9.73. The number of hydrogen-bond donors (Lipinski definition) is 2. The lowest BCUT2D eigenvalue weighted by Crippen LogP contribution is -2.52. The molecule has 0 unspecified atom stereocenters. The highest BCUT2D eigenvalue weighted by Crippen LogP contribution is 2.35. The minimum absolute atomic E-state index is 0.148. The summed E-state index contributed by atoms with van der Waals surface area (Å²) in [6.45, 7) is 0. The lowest BCUT2D eigenvalue weighted by Gasteiger charge is -2.41. The molecule has 1 aliphatic rings. The van der Waals surface area contributed by atoms with Crippen LogP contribution in [0.2, 0.25) is 0 Å². The van der Waals surface area contributed by atoms with E-state index in [0.29, 0.717) is 19.3 Å². The average Bonchev–Trinajstić information content (AvgIpc) is 2.55. The summed E-state index contributed by atoms with van der Waals surface area (Å²) < 4.78 is 1.87. The fourth-order valence-corrected chi connectivity index (χ4v) is 2.79. The van der Waals surface area contributed by atoms with E-state index in [0.717, 1.165) is 16.6 Å². The van der Waals surface area contributed by atoms with Crippen molar-refractivity contribution in [2.75, 3.05) is 0 Å². The van der Waals surface area contributed by atoms with Gasteiger partial charge in [0.25, 0.3) is 0 Å². The van der Waals surface area contributed by atoms with Crippen molar-refractivity contribution in [1.82, 2.24) is 9.78 Å². The fourth-order valence-electron chi connectivity index (χ4n) is 2.79. The summed E-state index contributed by atoms with van der Waals surface area (Å²) in [5.74, 6) is 0. The van der Waals surface area contributed by atoms with Gasteiger partial charge in [-0.3, -0.25) is 4.68 Å². The second-order valence-electron chi connectivity index (χ2n) is 5.16. The topological polar surface area (TPSA) is 64.1 Å². The molecule has 0 aliphatic heterocycles. The van der Waals surface area contributed by atoms with Gasteiger partial charge in [0.2, 0.25) is 0 Å². The Bertz CT molecular complexity index is 555. The molecule has 2 aromatic rings. The summed E-state index contributed by atoms with van der Waals surface area (Å²) in [6, 6.07) is 8.25. The third-order valence-electron chi connectivity index (χ3n) is 3.62. The lowest BCUT2D eigenvalue weighted by molar-refractivity contribution is -0.0460. The van der Waals surface area contributed by atoms with Gasteiger partial charge in [0.15, 0.2) is 0 Å². The van der Waals surface area contributed by atoms with Crippen LogP contribution in [0.25, 0.3) is 10.9 Å². The number of nitrogens with two attached hydrogens (primary N) is 1. The summed E-state index contributed by atoms with van der Waals surface area (Å²) in [5, 5.41) is 15.9. The van der Waals surface area contributed by atoms with Crippen LogP contribution in [-0.2, 0) is 13.5 Å². The first kappa shape index (κ1) is 10.7. The molecular formula is C13H17N3O. The van der Waals surface area contributed by atoms with Gasteiger partial charge in [-0.25, -0.2) is 0 Å². The summed E-state index contributed by atoms with van der Waals surface area (Å²) in [7, 11) is 1.93. The minimum atomic E-state index is -0.642. The van der Waals surface area contributed by atoms with E-state index < -0.39 is 5.60 Å². The van der Waals surface area contributed by atoms with E-state index in [9.17, 15) is 5.11 Å². The van der Waals surface area contributed by atoms with Crippen LogP contribution in [0.15, 0.2) is 24.3 Å². The number of aryl methyl sites for hydroxylation is 1. The van der Waals surface area contributed by atoms with E-state index in [1.54, 1.807) is 0 Å². The first-order valence-corrected chi connectivity index (χ1v) is 5.96. The van der Waals surface area contributed by atoms with Crippen molar-refractivity contribution >= 4 is 10.9 Å². The number of hydrogen-bond acceptors (Lipinski definition) is 3. The molecule has 0 bridgehead atoms. The number of nitrogens with zero attached hydrogens (tertiary/aromatic N) is 2. The molecular weight excluding hydrogens is 214 g/mol. The quantitative estimate of drug-likeness (QED) is 0.809. The highest BCUT2D eigenvalue weighted by Gasteiger charge is 2.41. The maximum absolute atomic E-state index is 10.3. The Balaban J connectivity index is 1.96. The normalized spacial score (nSPS) is 28.3. The van der Waals surface area contributed by atoms with E-state index in [1.165, 1.54) is 0 Å². The fraction of sp³-hybridized carbons (Fsp3) is 0.462. The van der Waals surface area contributed by atoms with E-state index in [4.69, 9.17) is 5.73 Å². The van der Waals surface area contributed by atoms with Gasteiger partial charge >= 0.3 is 0 Å². The number of fused-ring (bicyclic) bond motifs is 1. The third-order valence-corrected chi connectivity index (χ3v) is 3.62. The second kappa shape index (κ2) is 3.55. The monoisotopic (exact) mass is 231 g/mol. The first-order chi connectivity index (χ1) is 8.07. The highest BCUT2D eigenvalue weighted by molar-refractivity contribution is 5.81. The van der Waals surface area contributed by atoms with Crippen molar-refractivity contribution in [2.45, 2.75) is 30.9 Å². The van der Waals surface area contributed by atoms with Crippen LogP contribution in [0.3, 0.4) is 0 Å². The van der Waals surface area contributed by atoms with Gasteiger partial charge in [-0.05, 0) is 18.9 Å². The SMILES string of the molecule is Cn1nc(CC2(O)CC(N)C2)c2ccccc21. The zero-order valence-electron chi connectivity index (χ0n) is 9.93. The van der Waals surface area contributed by atoms with E-state index in [2.05, 4.69) is 11.2 Å². The van der Waals surface area contributed by atoms with Crippen LogP contribution in [0, 0.1) is 0 Å². The van der Waals surface area contributed by atoms with Crippen LogP contribution < -0.4 is 5.73 Å². The molecule has 1 aliphatic carbocycles. The first-order valence-electron chi connectivity index (χ1n) is 5.96. The van der Waals surface area contributed by atoms with E-state index in [1.807, 2.05) is 29.9 Å². The minimum Gasteiger partial charge on any atom is -0.389 e. The van der Waals surface area contributed by atoms with Crippen molar-refractivity contribution in [3.8, 4) is 0 Å². The molecule has 0 atom stereocenters. The molecule has 3 N–H and O–H groups in total. The molecule has 0 amide bonds. The van der Waals surface area contributed by atoms with Crippen molar-refractivity contribution in [2.24, 2.45) is 12.8 Å². The van der Waals surface area contributed by atoms with Crippen molar-refractivity contribution in [3.63, 3.8) is 0 Å². The molecule has 17 heavy (non-hydrogen) atoms. The maximum Gasteiger partial charge on any atom is 0.0733 e. The van der Waals surface area contributed by atoms with Crippen LogP contribution in [-0.4, -0.2) is 26.5 Å². The van der Waals surface area contributed by atoms with Gasteiger partial charge in [-0.15, -0.1) is 0 Å². The van der Waals surface area contributed by atoms with Crippen molar-refractivity contribution < 1.29 is 5.11 Å². The van der Waals surface area contributed by atoms with Gasteiger partial charge in [-0.2, -0.15) is 5.10 Å². The largest absolute Gasteiger partial charge is 0.389 e. The predicted octanol–water partition coefficient (Wildman–Crippen LogP) is 0.968. The maximum atomic E-state index is 10.3. The summed E-state index contributed by atoms with van der Waals surface area (Å²) in [4.78, 5) is 0. The van der Waals surface area contributed by atoms with E-state index >= 15 is 0 Å². The molecule has 0 saturated heterocycles. The van der Waals surface area contributed by atoms with Gasteiger partial charge < -0.3 is 10.8 Å². The number of aliphatic hydroxyl groups is 1. The molecule has 1 saturated carbocycles. The Kier molecular flexibility index (Phi) is 2.24. The Labute approximate surface area is 100 Å². The molecule has 1 aromatic heterocycles. The Morgan fingerprint density at radius 1 is 1.47 bits per heavy atom. The Morgan fingerprint density at radius 2 is 2.18 bits per heavy atom. The standard InChI is InChI=1S/C13H17N3O/c1-16-12-5-3-2-4-10(12)11(15-16)8-13(17)6-9(14)7-13/h2-5,9,17H,6-8,14H2,1H3. The third kappa shape index (κ3) is 1.73. The van der Waals surface area contributed by atoms with Crippen LogP contribution in [0.5, 0.6) is 0 Å². The van der Waals surface area contributed by atoms with Gasteiger partial charge in [-0.1, -0.05) is 18.2 Å². The van der Waals surface area contributed by atoms with Gasteiger partial charge in [0.1, 0.15) is 0 Å².